The van der Waals surface area contributed by atoms with Gasteiger partial charge in [-0.25, -0.2) is 9.59 Å². The molecule has 2 N–H and O–H groups in total. The summed E-state index contributed by atoms with van der Waals surface area (Å²) < 4.78 is 4.95. The van der Waals surface area contributed by atoms with E-state index in [1.165, 1.54) is 0 Å². The molecule has 0 bridgehead atoms. The zero-order valence-electron chi connectivity index (χ0n) is 11.7. The summed E-state index contributed by atoms with van der Waals surface area (Å²) in [6.07, 6.45) is 1.81. The molecular weight excluding hydrogens is 260 g/mol. The highest BCUT2D eigenvalue weighted by Crippen LogP contribution is 2.05. The lowest BCUT2D eigenvalue weighted by molar-refractivity contribution is -0.139. The van der Waals surface area contributed by atoms with Crippen molar-refractivity contribution in [3.8, 4) is 0 Å². The first kappa shape index (κ1) is 15.9. The van der Waals surface area contributed by atoms with Crippen molar-refractivity contribution in [1.82, 2.24) is 10.3 Å². The van der Waals surface area contributed by atoms with Gasteiger partial charge in [0.1, 0.15) is 6.04 Å². The van der Waals surface area contributed by atoms with Crippen molar-refractivity contribution in [1.29, 1.82) is 0 Å². The molecule has 0 radical (unpaired) electrons. The summed E-state index contributed by atoms with van der Waals surface area (Å²) in [5.74, 6) is -0.884. The lowest BCUT2D eigenvalue weighted by Gasteiger charge is -2.16. The van der Waals surface area contributed by atoms with Gasteiger partial charge in [-0.3, -0.25) is 4.98 Å². The van der Waals surface area contributed by atoms with Crippen molar-refractivity contribution in [3.63, 3.8) is 0 Å². The summed E-state index contributed by atoms with van der Waals surface area (Å²) in [6, 6.07) is 4.57. The number of carboxylic acid groups (broad SMARTS) is 1. The molecule has 0 aliphatic rings. The van der Waals surface area contributed by atoms with Crippen LogP contribution in [0.5, 0.6) is 0 Å². The van der Waals surface area contributed by atoms with Gasteiger partial charge in [-0.2, -0.15) is 0 Å². The topological polar surface area (TPSA) is 88.5 Å². The second-order valence-electron chi connectivity index (χ2n) is 4.87. The van der Waals surface area contributed by atoms with E-state index in [1.54, 1.807) is 12.3 Å². The van der Waals surface area contributed by atoms with Crippen LogP contribution in [0, 0.1) is 5.92 Å². The largest absolute Gasteiger partial charge is 0.480 e. The maximum Gasteiger partial charge on any atom is 0.407 e. The molecule has 0 unspecified atom stereocenters. The molecular formula is C14H20N2O4. The number of carbonyl (C=O) groups is 2. The number of hydrogen-bond acceptors (Lipinski definition) is 4. The molecule has 6 nitrogen and oxygen atoms in total. The quantitative estimate of drug-likeness (QED) is 0.795. The molecule has 6 heteroatoms. The van der Waals surface area contributed by atoms with Crippen molar-refractivity contribution in [3.05, 3.63) is 30.1 Å². The predicted octanol–water partition coefficient (Wildman–Crippen LogP) is 1.85. The first-order valence-electron chi connectivity index (χ1n) is 6.55. The average Bonchev–Trinajstić information content (AvgIpc) is 2.38. The van der Waals surface area contributed by atoms with Crippen molar-refractivity contribution in [2.45, 2.75) is 32.7 Å². The molecule has 0 fully saturated rings. The summed E-state index contributed by atoms with van der Waals surface area (Å²) in [5, 5.41) is 11.3. The number of aromatic nitrogens is 1. The molecule has 1 aromatic rings. The average molecular weight is 280 g/mol. The van der Waals surface area contributed by atoms with Gasteiger partial charge in [0.05, 0.1) is 6.61 Å². The molecule has 1 heterocycles. The second kappa shape index (κ2) is 8.14. The molecule has 0 aliphatic heterocycles. The Labute approximate surface area is 118 Å². The lowest BCUT2D eigenvalue weighted by atomic mass is 10.0. The third-order valence-electron chi connectivity index (χ3n) is 2.61. The van der Waals surface area contributed by atoms with E-state index in [0.29, 0.717) is 12.8 Å². The molecule has 1 rings (SSSR count). The Morgan fingerprint density at radius 2 is 2.15 bits per heavy atom. The van der Waals surface area contributed by atoms with Crippen LogP contribution in [0.15, 0.2) is 24.4 Å². The van der Waals surface area contributed by atoms with Crippen LogP contribution in [0.3, 0.4) is 0 Å². The molecule has 0 aromatic carbocycles. The zero-order chi connectivity index (χ0) is 15.0. The highest BCUT2D eigenvalue weighted by molar-refractivity contribution is 5.79. The molecule has 1 amide bonds. The van der Waals surface area contributed by atoms with Crippen LogP contribution in [0.25, 0.3) is 0 Å². The minimum absolute atomic E-state index is 0.164. The van der Waals surface area contributed by atoms with Crippen LogP contribution in [-0.2, 0) is 16.0 Å². The fourth-order valence-corrected chi connectivity index (χ4v) is 1.67. The van der Waals surface area contributed by atoms with E-state index in [2.05, 4.69) is 10.3 Å². The molecule has 0 saturated heterocycles. The molecule has 20 heavy (non-hydrogen) atoms. The van der Waals surface area contributed by atoms with E-state index >= 15 is 0 Å². The van der Waals surface area contributed by atoms with Gasteiger partial charge in [-0.15, -0.1) is 0 Å². The highest BCUT2D eigenvalue weighted by atomic mass is 16.5. The van der Waals surface area contributed by atoms with Crippen LogP contribution < -0.4 is 5.32 Å². The summed E-state index contributed by atoms with van der Waals surface area (Å²) in [4.78, 5) is 26.6. The molecule has 1 aromatic heterocycles. The number of alkyl carbamates (subject to hydrolysis) is 1. The fourth-order valence-electron chi connectivity index (χ4n) is 1.67. The normalized spacial score (nSPS) is 11.9. The monoisotopic (exact) mass is 280 g/mol. The zero-order valence-corrected chi connectivity index (χ0v) is 11.7. The number of aliphatic carboxylic acids is 1. The fraction of sp³-hybridized carbons (Fsp3) is 0.500. The van der Waals surface area contributed by atoms with Crippen LogP contribution >= 0.6 is 0 Å². The number of ether oxygens (including phenoxy) is 1. The first-order chi connectivity index (χ1) is 9.49. The Morgan fingerprint density at radius 1 is 1.40 bits per heavy atom. The van der Waals surface area contributed by atoms with Crippen LogP contribution in [-0.4, -0.2) is 34.8 Å². The van der Waals surface area contributed by atoms with Crippen molar-refractivity contribution in [2.24, 2.45) is 5.92 Å². The molecule has 1 atom stereocenters. The van der Waals surface area contributed by atoms with Gasteiger partial charge in [-0.1, -0.05) is 19.9 Å². The van der Waals surface area contributed by atoms with Crippen LogP contribution in [0.4, 0.5) is 4.79 Å². The number of pyridine rings is 1. The van der Waals surface area contributed by atoms with Gasteiger partial charge in [-0.05, 0) is 24.5 Å². The molecule has 0 saturated carbocycles. The summed E-state index contributed by atoms with van der Waals surface area (Å²) in [7, 11) is 0. The second-order valence-corrected chi connectivity index (χ2v) is 4.87. The van der Waals surface area contributed by atoms with Gasteiger partial charge >= 0.3 is 12.1 Å². The van der Waals surface area contributed by atoms with Gasteiger partial charge in [0, 0.05) is 18.3 Å². The Kier molecular flexibility index (Phi) is 6.49. The number of carboxylic acids is 1. The highest BCUT2D eigenvalue weighted by Gasteiger charge is 2.21. The molecule has 0 spiro atoms. The standard InChI is InChI=1S/C14H20N2O4/c1-10(2)9-12(13(17)18)16-14(19)20-8-6-11-5-3-4-7-15-11/h3-5,7,10,12H,6,8-9H2,1-2H3,(H,16,19)(H,17,18)/t12-/m0/s1. The van der Waals surface area contributed by atoms with E-state index in [-0.39, 0.29) is 12.5 Å². The number of hydrogen-bond donors (Lipinski definition) is 2. The summed E-state index contributed by atoms with van der Waals surface area (Å²) >= 11 is 0. The Balaban J connectivity index is 2.33. The van der Waals surface area contributed by atoms with Gasteiger partial charge in [0.25, 0.3) is 0 Å². The Morgan fingerprint density at radius 3 is 2.70 bits per heavy atom. The Bertz CT molecular complexity index is 434. The van der Waals surface area contributed by atoms with Crippen molar-refractivity contribution in [2.75, 3.05) is 6.61 Å². The predicted molar refractivity (Wildman–Crippen MR) is 73.3 cm³/mol. The molecule has 110 valence electrons. The smallest absolute Gasteiger partial charge is 0.407 e. The SMILES string of the molecule is CC(C)C[C@H](NC(=O)OCCc1ccccn1)C(=O)O. The van der Waals surface area contributed by atoms with E-state index in [9.17, 15) is 9.59 Å². The third kappa shape index (κ3) is 6.17. The van der Waals surface area contributed by atoms with Gasteiger partial charge in [0.15, 0.2) is 0 Å². The van der Waals surface area contributed by atoms with E-state index in [0.717, 1.165) is 5.69 Å². The minimum atomic E-state index is -1.06. The molecule has 0 aliphatic carbocycles. The van der Waals surface area contributed by atoms with E-state index in [1.807, 2.05) is 26.0 Å². The van der Waals surface area contributed by atoms with E-state index in [4.69, 9.17) is 9.84 Å². The lowest BCUT2D eigenvalue weighted by Crippen LogP contribution is -2.42. The van der Waals surface area contributed by atoms with Crippen LogP contribution in [0.1, 0.15) is 26.0 Å². The maximum absolute atomic E-state index is 11.5. The van der Waals surface area contributed by atoms with Gasteiger partial charge in [0.2, 0.25) is 0 Å². The number of rotatable bonds is 7. The Hall–Kier alpha value is -2.11. The third-order valence-corrected chi connectivity index (χ3v) is 2.61. The van der Waals surface area contributed by atoms with Crippen LogP contribution in [0.2, 0.25) is 0 Å². The first-order valence-corrected chi connectivity index (χ1v) is 6.55. The number of carbonyl (C=O) groups excluding carboxylic acids is 1. The number of nitrogens with one attached hydrogen (secondary N) is 1. The maximum atomic E-state index is 11.5. The minimum Gasteiger partial charge on any atom is -0.480 e. The number of amides is 1. The van der Waals surface area contributed by atoms with Crippen molar-refractivity contribution < 1.29 is 19.4 Å². The number of nitrogens with zero attached hydrogens (tertiary/aromatic N) is 1. The summed E-state index contributed by atoms with van der Waals surface area (Å²) in [6.45, 7) is 3.95. The summed E-state index contributed by atoms with van der Waals surface area (Å²) in [5.41, 5.74) is 0.817. The van der Waals surface area contributed by atoms with Crippen molar-refractivity contribution >= 4 is 12.1 Å². The van der Waals surface area contributed by atoms with Gasteiger partial charge < -0.3 is 15.2 Å². The van der Waals surface area contributed by atoms with E-state index < -0.39 is 18.1 Å².